The van der Waals surface area contributed by atoms with Crippen molar-refractivity contribution >= 4 is 5.91 Å². The van der Waals surface area contributed by atoms with E-state index < -0.39 is 0 Å². The minimum absolute atomic E-state index is 0.239. The molecule has 2 heterocycles. The first-order valence-corrected chi connectivity index (χ1v) is 4.77. The second-order valence-corrected chi connectivity index (χ2v) is 3.08. The van der Waals surface area contributed by atoms with Gasteiger partial charge >= 0.3 is 0 Å². The SMILES string of the molecule is O=C(NCCc1cocn1)c1cnccn1. The Kier molecular flexibility index (Phi) is 3.22. The topological polar surface area (TPSA) is 80.9 Å². The summed E-state index contributed by atoms with van der Waals surface area (Å²) in [6.45, 7) is 0.488. The number of oxazole rings is 1. The third kappa shape index (κ3) is 2.63. The first kappa shape index (κ1) is 10.3. The molecule has 0 aliphatic heterocycles. The summed E-state index contributed by atoms with van der Waals surface area (Å²) in [7, 11) is 0. The summed E-state index contributed by atoms with van der Waals surface area (Å²) < 4.78 is 4.81. The number of aromatic nitrogens is 3. The number of hydrogen-bond acceptors (Lipinski definition) is 5. The Balaban J connectivity index is 1.81. The van der Waals surface area contributed by atoms with Gasteiger partial charge in [-0.1, -0.05) is 0 Å². The van der Waals surface area contributed by atoms with Crippen molar-refractivity contribution in [3.8, 4) is 0 Å². The van der Waals surface area contributed by atoms with Gasteiger partial charge in [0.2, 0.25) is 0 Å². The Labute approximate surface area is 91.7 Å². The van der Waals surface area contributed by atoms with Crippen LogP contribution in [0.4, 0.5) is 0 Å². The quantitative estimate of drug-likeness (QED) is 0.805. The van der Waals surface area contributed by atoms with Gasteiger partial charge in [0.25, 0.3) is 5.91 Å². The molecule has 0 spiro atoms. The highest BCUT2D eigenvalue weighted by Crippen LogP contribution is 1.95. The molecule has 0 bridgehead atoms. The molecule has 1 N–H and O–H groups in total. The van der Waals surface area contributed by atoms with Crippen molar-refractivity contribution in [3.63, 3.8) is 0 Å². The van der Waals surface area contributed by atoms with Crippen molar-refractivity contribution in [1.29, 1.82) is 0 Å². The monoisotopic (exact) mass is 218 g/mol. The average Bonchev–Trinajstić information content (AvgIpc) is 2.83. The predicted octanol–water partition coefficient (Wildman–Crippen LogP) is 0.437. The van der Waals surface area contributed by atoms with Gasteiger partial charge in [-0.2, -0.15) is 0 Å². The molecule has 16 heavy (non-hydrogen) atoms. The summed E-state index contributed by atoms with van der Waals surface area (Å²) in [6, 6.07) is 0. The number of nitrogens with zero attached hydrogens (tertiary/aromatic N) is 3. The van der Waals surface area contributed by atoms with Crippen LogP contribution in [0, 0.1) is 0 Å². The molecule has 2 aromatic heterocycles. The van der Waals surface area contributed by atoms with Crippen LogP contribution in [0.15, 0.2) is 35.7 Å². The van der Waals surface area contributed by atoms with Crippen LogP contribution in [-0.2, 0) is 6.42 Å². The van der Waals surface area contributed by atoms with Crippen molar-refractivity contribution in [1.82, 2.24) is 20.3 Å². The molecule has 0 fully saturated rings. The van der Waals surface area contributed by atoms with Crippen LogP contribution >= 0.6 is 0 Å². The third-order valence-corrected chi connectivity index (χ3v) is 1.95. The highest BCUT2D eigenvalue weighted by atomic mass is 16.3. The largest absolute Gasteiger partial charge is 0.451 e. The first-order chi connectivity index (χ1) is 7.86. The van der Waals surface area contributed by atoms with E-state index in [0.29, 0.717) is 18.7 Å². The molecule has 2 aromatic rings. The lowest BCUT2D eigenvalue weighted by Gasteiger charge is -2.01. The Bertz CT molecular complexity index is 441. The van der Waals surface area contributed by atoms with E-state index in [0.717, 1.165) is 5.69 Å². The average molecular weight is 218 g/mol. The molecule has 0 aliphatic rings. The molecular formula is C10H10N4O2. The molecule has 0 saturated carbocycles. The van der Waals surface area contributed by atoms with Gasteiger partial charge in [0.15, 0.2) is 6.39 Å². The van der Waals surface area contributed by atoms with E-state index in [1.807, 2.05) is 0 Å². The van der Waals surface area contributed by atoms with Gasteiger partial charge in [-0.05, 0) is 0 Å². The van der Waals surface area contributed by atoms with E-state index in [1.165, 1.54) is 25.0 Å². The van der Waals surface area contributed by atoms with Gasteiger partial charge in [-0.15, -0.1) is 0 Å². The second-order valence-electron chi connectivity index (χ2n) is 3.08. The fourth-order valence-electron chi connectivity index (χ4n) is 1.17. The molecule has 6 heteroatoms. The summed E-state index contributed by atoms with van der Waals surface area (Å²) in [4.78, 5) is 23.2. The molecule has 0 unspecified atom stereocenters. The molecule has 1 amide bonds. The number of amides is 1. The second kappa shape index (κ2) is 5.01. The maximum Gasteiger partial charge on any atom is 0.271 e. The van der Waals surface area contributed by atoms with Gasteiger partial charge in [0.1, 0.15) is 12.0 Å². The Morgan fingerprint density at radius 1 is 1.38 bits per heavy atom. The van der Waals surface area contributed by atoms with E-state index in [4.69, 9.17) is 4.42 Å². The molecule has 0 aromatic carbocycles. The molecule has 6 nitrogen and oxygen atoms in total. The zero-order valence-electron chi connectivity index (χ0n) is 8.46. The van der Waals surface area contributed by atoms with E-state index in [-0.39, 0.29) is 5.91 Å². The lowest BCUT2D eigenvalue weighted by Crippen LogP contribution is -2.26. The lowest BCUT2D eigenvalue weighted by molar-refractivity contribution is 0.0948. The van der Waals surface area contributed by atoms with E-state index in [2.05, 4.69) is 20.3 Å². The maximum absolute atomic E-state index is 11.5. The summed E-state index contributed by atoms with van der Waals surface area (Å²) in [6.07, 6.45) is 7.96. The first-order valence-electron chi connectivity index (χ1n) is 4.77. The van der Waals surface area contributed by atoms with E-state index in [9.17, 15) is 4.79 Å². The molecular weight excluding hydrogens is 208 g/mol. The standard InChI is InChI=1S/C10H10N4O2/c15-10(9-5-11-3-4-12-9)13-2-1-8-6-16-7-14-8/h3-7H,1-2H2,(H,13,15). The maximum atomic E-state index is 11.5. The van der Waals surface area contributed by atoms with Crippen molar-refractivity contribution in [2.45, 2.75) is 6.42 Å². The fourth-order valence-corrected chi connectivity index (χ4v) is 1.17. The highest BCUT2D eigenvalue weighted by Gasteiger charge is 2.05. The number of carbonyl (C=O) groups excluding carboxylic acids is 1. The molecule has 0 radical (unpaired) electrons. The van der Waals surface area contributed by atoms with Gasteiger partial charge in [-0.25, -0.2) is 9.97 Å². The summed E-state index contributed by atoms with van der Waals surface area (Å²) in [5.41, 5.74) is 1.11. The van der Waals surface area contributed by atoms with Gasteiger partial charge in [-0.3, -0.25) is 9.78 Å². The van der Waals surface area contributed by atoms with Crippen molar-refractivity contribution < 1.29 is 9.21 Å². The van der Waals surface area contributed by atoms with Crippen LogP contribution in [0.25, 0.3) is 0 Å². The van der Waals surface area contributed by atoms with E-state index in [1.54, 1.807) is 6.26 Å². The smallest absolute Gasteiger partial charge is 0.271 e. The number of hydrogen-bond donors (Lipinski definition) is 1. The summed E-state index contributed by atoms with van der Waals surface area (Å²) in [5, 5.41) is 2.71. The van der Waals surface area contributed by atoms with Gasteiger partial charge < -0.3 is 9.73 Å². The van der Waals surface area contributed by atoms with Crippen LogP contribution in [-0.4, -0.2) is 27.4 Å². The summed E-state index contributed by atoms with van der Waals surface area (Å²) in [5.74, 6) is -0.239. The van der Waals surface area contributed by atoms with Crippen molar-refractivity contribution in [2.24, 2.45) is 0 Å². The third-order valence-electron chi connectivity index (χ3n) is 1.95. The normalized spacial score (nSPS) is 10.0. The predicted molar refractivity (Wildman–Crippen MR) is 54.6 cm³/mol. The Morgan fingerprint density at radius 2 is 2.31 bits per heavy atom. The number of carbonyl (C=O) groups is 1. The van der Waals surface area contributed by atoms with Crippen LogP contribution < -0.4 is 5.32 Å². The minimum Gasteiger partial charge on any atom is -0.451 e. The minimum atomic E-state index is -0.239. The van der Waals surface area contributed by atoms with Crippen molar-refractivity contribution in [2.75, 3.05) is 6.54 Å². The zero-order chi connectivity index (χ0) is 11.2. The lowest BCUT2D eigenvalue weighted by atomic mass is 10.3. The van der Waals surface area contributed by atoms with Crippen LogP contribution in [0.2, 0.25) is 0 Å². The molecule has 0 atom stereocenters. The van der Waals surface area contributed by atoms with Crippen LogP contribution in [0.3, 0.4) is 0 Å². The van der Waals surface area contributed by atoms with Crippen LogP contribution in [0.1, 0.15) is 16.2 Å². The van der Waals surface area contributed by atoms with Gasteiger partial charge in [0, 0.05) is 25.4 Å². The molecule has 82 valence electrons. The van der Waals surface area contributed by atoms with Crippen LogP contribution in [0.5, 0.6) is 0 Å². The highest BCUT2D eigenvalue weighted by molar-refractivity contribution is 5.91. The Morgan fingerprint density at radius 3 is 3.00 bits per heavy atom. The fraction of sp³-hybridized carbons (Fsp3) is 0.200. The number of rotatable bonds is 4. The van der Waals surface area contributed by atoms with Crippen molar-refractivity contribution in [3.05, 3.63) is 42.6 Å². The Hall–Kier alpha value is -2.24. The zero-order valence-corrected chi connectivity index (χ0v) is 8.46. The summed E-state index contributed by atoms with van der Waals surface area (Å²) >= 11 is 0. The molecule has 2 rings (SSSR count). The molecule has 0 aliphatic carbocycles. The van der Waals surface area contributed by atoms with Gasteiger partial charge in [0.05, 0.1) is 11.9 Å². The molecule has 0 saturated heterocycles. The number of nitrogens with one attached hydrogen (secondary N) is 1. The van der Waals surface area contributed by atoms with E-state index >= 15 is 0 Å².